The first-order chi connectivity index (χ1) is 15.3. The molecule has 0 aliphatic carbocycles. The largest absolute Gasteiger partial charge is 0.487 e. The predicted molar refractivity (Wildman–Crippen MR) is 127 cm³/mol. The van der Waals surface area contributed by atoms with E-state index < -0.39 is 0 Å². The van der Waals surface area contributed by atoms with Crippen molar-refractivity contribution in [2.45, 2.75) is 32.8 Å². The van der Waals surface area contributed by atoms with Gasteiger partial charge in [0, 0.05) is 18.5 Å². The van der Waals surface area contributed by atoms with Crippen LogP contribution in [0.25, 0.3) is 0 Å². The average molecular weight is 450 g/mol. The second-order valence-electron chi connectivity index (χ2n) is 9.62. The molecule has 166 valence electrons. The fraction of sp³-hybridized carbons (Fsp3) is 0.385. The minimum absolute atomic E-state index is 0.0862. The summed E-state index contributed by atoms with van der Waals surface area (Å²) in [6.07, 6.45) is 1.66. The molecule has 5 rings (SSSR count). The van der Waals surface area contributed by atoms with Crippen molar-refractivity contribution in [1.29, 1.82) is 0 Å². The Bertz CT molecular complexity index is 1100. The van der Waals surface area contributed by atoms with Crippen LogP contribution in [0.15, 0.2) is 54.7 Å². The van der Waals surface area contributed by atoms with Crippen molar-refractivity contribution < 1.29 is 9.47 Å². The van der Waals surface area contributed by atoms with Crippen LogP contribution in [0.1, 0.15) is 36.2 Å². The summed E-state index contributed by atoms with van der Waals surface area (Å²) in [5.74, 6) is 1.50. The lowest BCUT2D eigenvalue weighted by atomic mass is 9.78. The van der Waals surface area contributed by atoms with Crippen LogP contribution in [0.2, 0.25) is 5.02 Å². The molecule has 0 atom stereocenters. The van der Waals surface area contributed by atoms with E-state index in [4.69, 9.17) is 21.1 Å². The molecule has 0 radical (unpaired) electrons. The van der Waals surface area contributed by atoms with Crippen LogP contribution in [0.4, 0.5) is 5.95 Å². The smallest absolute Gasteiger partial charge is 0.225 e. The van der Waals surface area contributed by atoms with Gasteiger partial charge in [-0.05, 0) is 30.2 Å². The zero-order chi connectivity index (χ0) is 22.3. The third kappa shape index (κ3) is 3.96. The van der Waals surface area contributed by atoms with Crippen molar-refractivity contribution >= 4 is 17.5 Å². The molecule has 0 unspecified atom stereocenters. The highest BCUT2D eigenvalue weighted by Crippen LogP contribution is 2.39. The number of hydrogen-bond donors (Lipinski definition) is 0. The summed E-state index contributed by atoms with van der Waals surface area (Å²) in [7, 11) is 0. The number of rotatable bonds is 6. The zero-order valence-electron chi connectivity index (χ0n) is 18.8. The van der Waals surface area contributed by atoms with E-state index in [0.29, 0.717) is 28.7 Å². The number of halogens is 1. The standard InChI is InChI=1S/C26H28ClN3O2/c1-18-4-6-19(7-5-18)25(2,3)20-8-10-21(11-9-20)32-13-23-22(27)12-28-24(29-23)30-14-26(15-30)16-31-17-26/h4-12H,13-17H2,1-3H3. The topological polar surface area (TPSA) is 47.5 Å². The van der Waals surface area contributed by atoms with Crippen LogP contribution in [0.3, 0.4) is 0 Å². The fourth-order valence-corrected chi connectivity index (χ4v) is 4.53. The number of anilines is 1. The first-order valence-corrected chi connectivity index (χ1v) is 11.4. The average Bonchev–Trinajstić information content (AvgIpc) is 2.72. The molecule has 3 aromatic rings. The van der Waals surface area contributed by atoms with Crippen LogP contribution in [0.5, 0.6) is 5.75 Å². The van der Waals surface area contributed by atoms with Gasteiger partial charge in [0.15, 0.2) is 0 Å². The number of benzene rings is 2. The molecule has 1 spiro atoms. The molecular weight excluding hydrogens is 422 g/mol. The Morgan fingerprint density at radius 1 is 1.03 bits per heavy atom. The van der Waals surface area contributed by atoms with Gasteiger partial charge in [-0.3, -0.25) is 0 Å². The van der Waals surface area contributed by atoms with E-state index in [1.807, 2.05) is 12.1 Å². The minimum Gasteiger partial charge on any atom is -0.487 e. The summed E-state index contributed by atoms with van der Waals surface area (Å²) in [5.41, 5.74) is 4.73. The summed E-state index contributed by atoms with van der Waals surface area (Å²) in [6, 6.07) is 17.0. The maximum absolute atomic E-state index is 6.34. The lowest BCUT2D eigenvalue weighted by molar-refractivity contribution is -0.127. The van der Waals surface area contributed by atoms with Gasteiger partial charge in [0.25, 0.3) is 0 Å². The monoisotopic (exact) mass is 449 g/mol. The van der Waals surface area contributed by atoms with Crippen LogP contribution in [0, 0.1) is 12.3 Å². The van der Waals surface area contributed by atoms with E-state index in [-0.39, 0.29) is 5.41 Å². The molecule has 5 nitrogen and oxygen atoms in total. The third-order valence-electron chi connectivity index (χ3n) is 6.68. The Hall–Kier alpha value is -2.63. The summed E-state index contributed by atoms with van der Waals surface area (Å²) in [4.78, 5) is 11.2. The number of ether oxygens (including phenoxy) is 2. The number of nitrogens with zero attached hydrogens (tertiary/aromatic N) is 3. The first-order valence-electron chi connectivity index (χ1n) is 11.0. The maximum atomic E-state index is 6.34. The number of aromatic nitrogens is 2. The summed E-state index contributed by atoms with van der Waals surface area (Å²) in [6.45, 7) is 10.4. The molecule has 0 amide bonds. The third-order valence-corrected chi connectivity index (χ3v) is 7.00. The van der Waals surface area contributed by atoms with E-state index >= 15 is 0 Å². The summed E-state index contributed by atoms with van der Waals surface area (Å²) in [5, 5.41) is 0.521. The van der Waals surface area contributed by atoms with Gasteiger partial charge < -0.3 is 14.4 Å². The molecule has 2 saturated heterocycles. The van der Waals surface area contributed by atoms with Crippen LogP contribution < -0.4 is 9.64 Å². The normalized spacial score (nSPS) is 17.1. The lowest BCUT2D eigenvalue weighted by Crippen LogP contribution is -2.66. The van der Waals surface area contributed by atoms with Crippen LogP contribution in [-0.2, 0) is 16.8 Å². The van der Waals surface area contributed by atoms with Crippen molar-refractivity contribution in [2.24, 2.45) is 5.41 Å². The van der Waals surface area contributed by atoms with Gasteiger partial charge >= 0.3 is 0 Å². The molecule has 0 saturated carbocycles. The van der Waals surface area contributed by atoms with Crippen molar-refractivity contribution in [1.82, 2.24) is 9.97 Å². The highest BCUT2D eigenvalue weighted by Gasteiger charge is 2.49. The molecule has 3 heterocycles. The lowest BCUT2D eigenvalue weighted by Gasteiger charge is -2.54. The zero-order valence-corrected chi connectivity index (χ0v) is 19.5. The molecule has 2 aliphatic heterocycles. The number of hydrogen-bond acceptors (Lipinski definition) is 5. The molecular formula is C26H28ClN3O2. The van der Waals surface area contributed by atoms with Gasteiger partial charge in [0.05, 0.1) is 29.8 Å². The van der Waals surface area contributed by atoms with Gasteiger partial charge in [-0.15, -0.1) is 0 Å². The molecule has 0 bridgehead atoms. The number of aryl methyl sites for hydroxylation is 1. The molecule has 2 aliphatic rings. The molecule has 6 heteroatoms. The molecule has 32 heavy (non-hydrogen) atoms. The van der Waals surface area contributed by atoms with Crippen molar-refractivity contribution in [2.75, 3.05) is 31.2 Å². The van der Waals surface area contributed by atoms with E-state index in [9.17, 15) is 0 Å². The second kappa shape index (κ2) is 8.05. The van der Waals surface area contributed by atoms with Gasteiger partial charge in [-0.25, -0.2) is 9.97 Å². The highest BCUT2D eigenvalue weighted by atomic mass is 35.5. The Morgan fingerprint density at radius 3 is 2.25 bits per heavy atom. The predicted octanol–water partition coefficient (Wildman–Crippen LogP) is 5.18. The Balaban J connectivity index is 1.24. The van der Waals surface area contributed by atoms with Crippen molar-refractivity contribution in [3.63, 3.8) is 0 Å². The molecule has 2 fully saturated rings. The van der Waals surface area contributed by atoms with Crippen LogP contribution >= 0.6 is 11.6 Å². The highest BCUT2D eigenvalue weighted by molar-refractivity contribution is 6.31. The van der Waals surface area contributed by atoms with E-state index in [1.165, 1.54) is 16.7 Å². The second-order valence-corrected chi connectivity index (χ2v) is 10.0. The molecule has 2 aromatic carbocycles. The van der Waals surface area contributed by atoms with Crippen LogP contribution in [-0.4, -0.2) is 36.3 Å². The molecule has 1 aromatic heterocycles. The van der Waals surface area contributed by atoms with E-state index in [0.717, 1.165) is 32.1 Å². The first kappa shape index (κ1) is 21.2. The maximum Gasteiger partial charge on any atom is 0.225 e. The molecule has 0 N–H and O–H groups in total. The van der Waals surface area contributed by atoms with Gasteiger partial charge in [-0.1, -0.05) is 67.4 Å². The van der Waals surface area contributed by atoms with Gasteiger partial charge in [0.1, 0.15) is 18.1 Å². The Labute approximate surface area is 194 Å². The van der Waals surface area contributed by atoms with E-state index in [1.54, 1.807) is 6.20 Å². The van der Waals surface area contributed by atoms with Gasteiger partial charge in [0.2, 0.25) is 5.95 Å². The SMILES string of the molecule is Cc1ccc(C(C)(C)c2ccc(OCc3nc(N4CC5(COC5)C4)ncc3Cl)cc2)cc1. The van der Waals surface area contributed by atoms with Crippen molar-refractivity contribution in [3.8, 4) is 5.75 Å². The fourth-order valence-electron chi connectivity index (χ4n) is 4.38. The van der Waals surface area contributed by atoms with Gasteiger partial charge in [-0.2, -0.15) is 0 Å². The Morgan fingerprint density at radius 2 is 1.66 bits per heavy atom. The summed E-state index contributed by atoms with van der Waals surface area (Å²) < 4.78 is 11.4. The van der Waals surface area contributed by atoms with E-state index in [2.05, 4.69) is 72.0 Å². The Kier molecular flexibility index (Phi) is 5.34. The summed E-state index contributed by atoms with van der Waals surface area (Å²) >= 11 is 6.34. The van der Waals surface area contributed by atoms with Crippen molar-refractivity contribution in [3.05, 3.63) is 82.1 Å². The minimum atomic E-state index is -0.0862. The quantitative estimate of drug-likeness (QED) is 0.519.